The van der Waals surface area contributed by atoms with Crippen molar-refractivity contribution in [1.82, 2.24) is 5.32 Å². The Kier molecular flexibility index (Phi) is 5.54. The molecule has 9 heteroatoms. The van der Waals surface area contributed by atoms with Crippen molar-refractivity contribution >= 4 is 35.2 Å². The fourth-order valence-corrected chi connectivity index (χ4v) is 4.03. The third kappa shape index (κ3) is 4.20. The lowest BCUT2D eigenvalue weighted by Crippen LogP contribution is -2.31. The van der Waals surface area contributed by atoms with Gasteiger partial charge in [0.15, 0.2) is 18.1 Å². The molecule has 4 rings (SSSR count). The zero-order valence-corrected chi connectivity index (χ0v) is 17.2. The first-order valence-electron chi connectivity index (χ1n) is 9.38. The molecule has 8 nitrogen and oxygen atoms in total. The summed E-state index contributed by atoms with van der Waals surface area (Å²) in [5.41, 5.74) is 1.68. The molecule has 0 bridgehead atoms. The highest BCUT2D eigenvalue weighted by atomic mass is 32.2. The second-order valence-electron chi connectivity index (χ2n) is 6.94. The van der Waals surface area contributed by atoms with E-state index in [-0.39, 0.29) is 29.6 Å². The van der Waals surface area contributed by atoms with Gasteiger partial charge in [-0.15, -0.1) is 11.8 Å². The average Bonchev–Trinajstić information content (AvgIpc) is 3.20. The number of thioether (sulfide) groups is 1. The Hall–Kier alpha value is -3.20. The number of nitrogens with one attached hydrogen (secondary N) is 2. The monoisotopic (exact) mass is 428 g/mol. The SMILES string of the molecule is CC1Sc2ccc(C(=O)OCC(=O)NC(C)c3ccc4c(c3)OCO4)cc2NC1=O. The third-order valence-corrected chi connectivity index (χ3v) is 5.93. The van der Waals surface area contributed by atoms with Crippen molar-refractivity contribution in [1.29, 1.82) is 0 Å². The number of rotatable bonds is 5. The normalized spacial score (nSPS) is 17.5. The van der Waals surface area contributed by atoms with E-state index in [2.05, 4.69) is 10.6 Å². The van der Waals surface area contributed by atoms with Crippen molar-refractivity contribution in [2.45, 2.75) is 30.0 Å². The minimum absolute atomic E-state index is 0.116. The van der Waals surface area contributed by atoms with Crippen LogP contribution in [0.1, 0.15) is 35.8 Å². The van der Waals surface area contributed by atoms with E-state index in [0.29, 0.717) is 17.2 Å². The minimum Gasteiger partial charge on any atom is -0.454 e. The van der Waals surface area contributed by atoms with E-state index in [1.165, 1.54) is 11.8 Å². The van der Waals surface area contributed by atoms with Crippen molar-refractivity contribution in [3.8, 4) is 11.5 Å². The summed E-state index contributed by atoms with van der Waals surface area (Å²) in [6, 6.07) is 10.1. The summed E-state index contributed by atoms with van der Waals surface area (Å²) >= 11 is 1.43. The van der Waals surface area contributed by atoms with Gasteiger partial charge in [-0.2, -0.15) is 0 Å². The Bertz CT molecular complexity index is 1020. The lowest BCUT2D eigenvalue weighted by molar-refractivity contribution is -0.124. The summed E-state index contributed by atoms with van der Waals surface area (Å²) < 4.78 is 15.7. The maximum atomic E-state index is 12.3. The first-order valence-corrected chi connectivity index (χ1v) is 10.3. The number of esters is 1. The molecule has 2 aromatic rings. The van der Waals surface area contributed by atoms with Crippen LogP contribution in [0.3, 0.4) is 0 Å². The Morgan fingerprint density at radius 3 is 2.87 bits per heavy atom. The predicted octanol–water partition coefficient (Wildman–Crippen LogP) is 2.88. The summed E-state index contributed by atoms with van der Waals surface area (Å²) in [6.07, 6.45) is 0. The molecule has 2 aliphatic rings. The number of hydrogen-bond donors (Lipinski definition) is 2. The molecule has 0 radical (unpaired) electrons. The van der Waals surface area contributed by atoms with Gasteiger partial charge in [-0.25, -0.2) is 4.79 Å². The second-order valence-corrected chi connectivity index (χ2v) is 8.32. The molecule has 2 N–H and O–H groups in total. The summed E-state index contributed by atoms with van der Waals surface area (Å²) in [5.74, 6) is 0.119. The van der Waals surface area contributed by atoms with Gasteiger partial charge in [0, 0.05) is 4.90 Å². The van der Waals surface area contributed by atoms with Crippen LogP contribution in [0.2, 0.25) is 0 Å². The molecule has 156 valence electrons. The Labute approximate surface area is 177 Å². The molecule has 2 aliphatic heterocycles. The summed E-state index contributed by atoms with van der Waals surface area (Å²) in [5, 5.41) is 5.36. The largest absolute Gasteiger partial charge is 0.454 e. The lowest BCUT2D eigenvalue weighted by atomic mass is 10.1. The first kappa shape index (κ1) is 20.1. The van der Waals surface area contributed by atoms with Crippen LogP contribution in [0.5, 0.6) is 11.5 Å². The van der Waals surface area contributed by atoms with E-state index in [1.54, 1.807) is 30.3 Å². The van der Waals surface area contributed by atoms with Gasteiger partial charge in [0.25, 0.3) is 5.91 Å². The zero-order valence-electron chi connectivity index (χ0n) is 16.4. The van der Waals surface area contributed by atoms with Crippen LogP contribution in [0.25, 0.3) is 0 Å². The fraction of sp³-hybridized carbons (Fsp3) is 0.286. The van der Waals surface area contributed by atoms with Crippen LogP contribution < -0.4 is 20.1 Å². The molecule has 2 aromatic carbocycles. The zero-order chi connectivity index (χ0) is 21.3. The highest BCUT2D eigenvalue weighted by molar-refractivity contribution is 8.00. The van der Waals surface area contributed by atoms with Gasteiger partial charge in [0.05, 0.1) is 22.5 Å². The van der Waals surface area contributed by atoms with Crippen molar-refractivity contribution in [2.75, 3.05) is 18.7 Å². The second kappa shape index (κ2) is 8.27. The maximum Gasteiger partial charge on any atom is 0.338 e. The molecule has 2 heterocycles. The number of ether oxygens (including phenoxy) is 3. The predicted molar refractivity (Wildman–Crippen MR) is 110 cm³/mol. The van der Waals surface area contributed by atoms with Crippen LogP contribution in [-0.2, 0) is 14.3 Å². The molecule has 2 atom stereocenters. The highest BCUT2D eigenvalue weighted by Crippen LogP contribution is 2.36. The van der Waals surface area contributed by atoms with E-state index in [0.717, 1.165) is 10.5 Å². The summed E-state index contributed by atoms with van der Waals surface area (Å²) in [6.45, 7) is 3.40. The summed E-state index contributed by atoms with van der Waals surface area (Å²) in [7, 11) is 0. The first-order chi connectivity index (χ1) is 14.4. The molecule has 30 heavy (non-hydrogen) atoms. The maximum absolute atomic E-state index is 12.3. The number of carbonyl (C=O) groups excluding carboxylic acids is 3. The average molecular weight is 428 g/mol. The molecule has 0 aliphatic carbocycles. The number of anilines is 1. The van der Waals surface area contributed by atoms with Gasteiger partial charge in [-0.1, -0.05) is 6.07 Å². The number of hydrogen-bond acceptors (Lipinski definition) is 7. The van der Waals surface area contributed by atoms with E-state index in [9.17, 15) is 14.4 Å². The highest BCUT2D eigenvalue weighted by Gasteiger charge is 2.24. The topological polar surface area (TPSA) is 103 Å². The van der Waals surface area contributed by atoms with Crippen LogP contribution >= 0.6 is 11.8 Å². The summed E-state index contributed by atoms with van der Waals surface area (Å²) in [4.78, 5) is 37.2. The van der Waals surface area contributed by atoms with Crippen LogP contribution in [0.4, 0.5) is 5.69 Å². The van der Waals surface area contributed by atoms with Crippen molar-refractivity contribution in [3.63, 3.8) is 0 Å². The van der Waals surface area contributed by atoms with Gasteiger partial charge >= 0.3 is 5.97 Å². The molecule has 0 aromatic heterocycles. The molecular weight excluding hydrogens is 408 g/mol. The molecule has 2 unspecified atom stereocenters. The lowest BCUT2D eigenvalue weighted by Gasteiger charge is -2.21. The van der Waals surface area contributed by atoms with E-state index >= 15 is 0 Å². The van der Waals surface area contributed by atoms with Crippen LogP contribution in [0.15, 0.2) is 41.3 Å². The van der Waals surface area contributed by atoms with Gasteiger partial charge < -0.3 is 24.8 Å². The molecule has 0 saturated heterocycles. The number of fused-ring (bicyclic) bond motifs is 2. The van der Waals surface area contributed by atoms with Crippen molar-refractivity contribution in [3.05, 3.63) is 47.5 Å². The van der Waals surface area contributed by atoms with Gasteiger partial charge in [-0.3, -0.25) is 9.59 Å². The van der Waals surface area contributed by atoms with Crippen molar-refractivity contribution < 1.29 is 28.6 Å². The standard InChI is InChI=1S/C21H20N2O6S/c1-11(13-3-5-16-17(8-13)29-10-28-16)22-19(24)9-27-21(26)14-4-6-18-15(7-14)23-20(25)12(2)30-18/h3-8,11-12H,9-10H2,1-2H3,(H,22,24)(H,23,25). The molecule has 0 spiro atoms. The molecule has 0 saturated carbocycles. The minimum atomic E-state index is -0.637. The number of carbonyl (C=O) groups is 3. The van der Waals surface area contributed by atoms with E-state index in [1.807, 2.05) is 19.9 Å². The molecular formula is C21H20N2O6S. The van der Waals surface area contributed by atoms with Crippen LogP contribution in [0, 0.1) is 0 Å². The Balaban J connectivity index is 1.32. The van der Waals surface area contributed by atoms with Crippen LogP contribution in [-0.4, -0.2) is 36.4 Å². The van der Waals surface area contributed by atoms with Gasteiger partial charge in [-0.05, 0) is 49.7 Å². The molecule has 2 amide bonds. The van der Waals surface area contributed by atoms with E-state index < -0.39 is 18.5 Å². The number of benzene rings is 2. The smallest absolute Gasteiger partial charge is 0.338 e. The van der Waals surface area contributed by atoms with Crippen molar-refractivity contribution in [2.24, 2.45) is 0 Å². The van der Waals surface area contributed by atoms with Gasteiger partial charge in [0.2, 0.25) is 12.7 Å². The fourth-order valence-electron chi connectivity index (χ4n) is 3.10. The number of amides is 2. The molecule has 0 fully saturated rings. The van der Waals surface area contributed by atoms with E-state index in [4.69, 9.17) is 14.2 Å². The Morgan fingerprint density at radius 1 is 1.23 bits per heavy atom. The Morgan fingerprint density at radius 2 is 2.03 bits per heavy atom. The third-order valence-electron chi connectivity index (χ3n) is 4.75. The van der Waals surface area contributed by atoms with Gasteiger partial charge in [0.1, 0.15) is 0 Å². The quantitative estimate of drug-likeness (QED) is 0.706.